The summed E-state index contributed by atoms with van der Waals surface area (Å²) in [5, 5.41) is 0. The molecule has 0 rings (SSSR count). The average Bonchev–Trinajstić information content (AvgIpc) is 1.81. The molecule has 0 aliphatic heterocycles. The van der Waals surface area contributed by atoms with Crippen LogP contribution in [0.1, 0.15) is 20.3 Å². The summed E-state index contributed by atoms with van der Waals surface area (Å²) in [6, 6.07) is 0. The van der Waals surface area contributed by atoms with E-state index in [1.165, 1.54) is 0 Å². The second-order valence-corrected chi connectivity index (χ2v) is 1.34. The van der Waals surface area contributed by atoms with Crippen LogP contribution in [-0.2, 0) is 4.74 Å². The van der Waals surface area contributed by atoms with E-state index in [-0.39, 0.29) is 0 Å². The number of hydrogen-bond donors (Lipinski definition) is 0. The standard InChI is InChI=1S/C7H12O/c1-3-5-6-7-8-4-2/h3-4,7H2,1-2H3. The van der Waals surface area contributed by atoms with Crippen LogP contribution in [0.15, 0.2) is 0 Å². The summed E-state index contributed by atoms with van der Waals surface area (Å²) in [6.45, 7) is 5.34. The molecule has 46 valence electrons. The monoisotopic (exact) mass is 112 g/mol. The van der Waals surface area contributed by atoms with Crippen molar-refractivity contribution in [3.05, 3.63) is 0 Å². The van der Waals surface area contributed by atoms with E-state index in [0.717, 1.165) is 13.0 Å². The molecule has 0 bridgehead atoms. The van der Waals surface area contributed by atoms with Gasteiger partial charge in [-0.1, -0.05) is 12.8 Å². The predicted octanol–water partition coefficient (Wildman–Crippen LogP) is 1.44. The van der Waals surface area contributed by atoms with E-state index in [0.29, 0.717) is 6.61 Å². The van der Waals surface area contributed by atoms with E-state index in [2.05, 4.69) is 11.8 Å². The molecule has 0 aliphatic rings. The van der Waals surface area contributed by atoms with E-state index in [9.17, 15) is 0 Å². The SMILES string of the molecule is CCC#CCOCC. The summed E-state index contributed by atoms with van der Waals surface area (Å²) < 4.78 is 4.96. The van der Waals surface area contributed by atoms with Crippen molar-refractivity contribution in [2.24, 2.45) is 0 Å². The van der Waals surface area contributed by atoms with E-state index in [1.807, 2.05) is 13.8 Å². The molecule has 0 fully saturated rings. The van der Waals surface area contributed by atoms with Crippen LogP contribution in [0.2, 0.25) is 0 Å². The van der Waals surface area contributed by atoms with Crippen molar-refractivity contribution in [1.29, 1.82) is 0 Å². The lowest BCUT2D eigenvalue weighted by atomic mass is 10.5. The molecule has 0 heterocycles. The maximum Gasteiger partial charge on any atom is 0.107 e. The first-order valence-corrected chi connectivity index (χ1v) is 2.95. The van der Waals surface area contributed by atoms with Gasteiger partial charge in [-0.15, -0.1) is 5.92 Å². The maximum absolute atomic E-state index is 4.96. The molecule has 1 heteroatoms. The van der Waals surface area contributed by atoms with Gasteiger partial charge in [0.15, 0.2) is 0 Å². The molecule has 8 heavy (non-hydrogen) atoms. The number of ether oxygens (including phenoxy) is 1. The van der Waals surface area contributed by atoms with Crippen molar-refractivity contribution in [3.63, 3.8) is 0 Å². The molecule has 0 N–H and O–H groups in total. The molecule has 0 radical (unpaired) electrons. The Morgan fingerprint density at radius 3 is 2.50 bits per heavy atom. The zero-order valence-electron chi connectivity index (χ0n) is 5.53. The predicted molar refractivity (Wildman–Crippen MR) is 34.6 cm³/mol. The topological polar surface area (TPSA) is 9.23 Å². The molecule has 0 aromatic heterocycles. The zero-order chi connectivity index (χ0) is 6.24. The fourth-order valence-corrected chi connectivity index (χ4v) is 0.329. The fourth-order valence-electron chi connectivity index (χ4n) is 0.329. The first-order valence-electron chi connectivity index (χ1n) is 2.95. The Balaban J connectivity index is 2.90. The lowest BCUT2D eigenvalue weighted by Crippen LogP contribution is -1.87. The highest BCUT2D eigenvalue weighted by Gasteiger charge is 1.70. The molecule has 0 aromatic rings. The lowest BCUT2D eigenvalue weighted by molar-refractivity contribution is 0.182. The molecule has 0 atom stereocenters. The summed E-state index contributed by atoms with van der Waals surface area (Å²) in [4.78, 5) is 0. The summed E-state index contributed by atoms with van der Waals surface area (Å²) in [7, 11) is 0. The van der Waals surface area contributed by atoms with Gasteiger partial charge >= 0.3 is 0 Å². The highest BCUT2D eigenvalue weighted by atomic mass is 16.5. The first-order chi connectivity index (χ1) is 3.91. The summed E-state index contributed by atoms with van der Waals surface area (Å²) in [5.41, 5.74) is 0. The summed E-state index contributed by atoms with van der Waals surface area (Å²) in [5.74, 6) is 5.77. The second-order valence-electron chi connectivity index (χ2n) is 1.34. The minimum absolute atomic E-state index is 0.588. The molecule has 1 nitrogen and oxygen atoms in total. The van der Waals surface area contributed by atoms with Gasteiger partial charge in [-0.05, 0) is 6.92 Å². The normalized spacial score (nSPS) is 7.75. The van der Waals surface area contributed by atoms with Gasteiger partial charge in [-0.2, -0.15) is 0 Å². The molecular weight excluding hydrogens is 100 g/mol. The molecule has 0 spiro atoms. The van der Waals surface area contributed by atoms with Crippen LogP contribution in [-0.4, -0.2) is 13.2 Å². The van der Waals surface area contributed by atoms with Gasteiger partial charge in [0.25, 0.3) is 0 Å². The second kappa shape index (κ2) is 6.52. The van der Waals surface area contributed by atoms with Crippen LogP contribution in [0.3, 0.4) is 0 Å². The van der Waals surface area contributed by atoms with Gasteiger partial charge in [0.05, 0.1) is 0 Å². The van der Waals surface area contributed by atoms with Gasteiger partial charge in [0.2, 0.25) is 0 Å². The van der Waals surface area contributed by atoms with Crippen LogP contribution in [0.4, 0.5) is 0 Å². The Bertz CT molecular complexity index is 86.3. The summed E-state index contributed by atoms with van der Waals surface area (Å²) >= 11 is 0. The third-order valence-electron chi connectivity index (χ3n) is 0.680. The van der Waals surface area contributed by atoms with E-state index < -0.39 is 0 Å². The van der Waals surface area contributed by atoms with Gasteiger partial charge in [-0.3, -0.25) is 0 Å². The summed E-state index contributed by atoms with van der Waals surface area (Å²) in [6.07, 6.45) is 0.924. The van der Waals surface area contributed by atoms with Crippen LogP contribution in [0.5, 0.6) is 0 Å². The average molecular weight is 112 g/mol. The lowest BCUT2D eigenvalue weighted by Gasteiger charge is -1.87. The Labute approximate surface area is 51.0 Å². The van der Waals surface area contributed by atoms with Crippen LogP contribution in [0, 0.1) is 11.8 Å². The fraction of sp³-hybridized carbons (Fsp3) is 0.714. The van der Waals surface area contributed by atoms with Crippen LogP contribution >= 0.6 is 0 Å². The highest BCUT2D eigenvalue weighted by Crippen LogP contribution is 1.70. The van der Waals surface area contributed by atoms with Crippen LogP contribution in [0.25, 0.3) is 0 Å². The third kappa shape index (κ3) is 5.52. The van der Waals surface area contributed by atoms with Crippen molar-refractivity contribution < 1.29 is 4.74 Å². The smallest absolute Gasteiger partial charge is 0.107 e. The van der Waals surface area contributed by atoms with Crippen molar-refractivity contribution >= 4 is 0 Å². The molecular formula is C7H12O. The first kappa shape index (κ1) is 7.52. The number of hydrogen-bond acceptors (Lipinski definition) is 1. The van der Waals surface area contributed by atoms with E-state index in [1.54, 1.807) is 0 Å². The number of rotatable bonds is 2. The van der Waals surface area contributed by atoms with Crippen molar-refractivity contribution in [2.45, 2.75) is 20.3 Å². The highest BCUT2D eigenvalue weighted by molar-refractivity contribution is 4.97. The Kier molecular flexibility index (Phi) is 6.13. The van der Waals surface area contributed by atoms with Gasteiger partial charge in [-0.25, -0.2) is 0 Å². The van der Waals surface area contributed by atoms with Gasteiger partial charge in [0.1, 0.15) is 6.61 Å². The van der Waals surface area contributed by atoms with E-state index >= 15 is 0 Å². The molecule has 0 amide bonds. The largest absolute Gasteiger partial charge is 0.369 e. The molecule has 0 aliphatic carbocycles. The van der Waals surface area contributed by atoms with Crippen molar-refractivity contribution in [2.75, 3.05) is 13.2 Å². The van der Waals surface area contributed by atoms with Gasteiger partial charge in [0, 0.05) is 13.0 Å². The van der Waals surface area contributed by atoms with Gasteiger partial charge < -0.3 is 4.74 Å². The molecule has 0 saturated carbocycles. The van der Waals surface area contributed by atoms with Crippen molar-refractivity contribution in [1.82, 2.24) is 0 Å². The Morgan fingerprint density at radius 1 is 1.25 bits per heavy atom. The minimum atomic E-state index is 0.588. The molecule has 0 aromatic carbocycles. The quantitative estimate of drug-likeness (QED) is 0.388. The van der Waals surface area contributed by atoms with Crippen molar-refractivity contribution in [3.8, 4) is 11.8 Å². The molecule has 0 saturated heterocycles. The Hall–Kier alpha value is -0.480. The van der Waals surface area contributed by atoms with Crippen LogP contribution < -0.4 is 0 Å². The Morgan fingerprint density at radius 2 is 2.00 bits per heavy atom. The molecule has 0 unspecified atom stereocenters. The maximum atomic E-state index is 4.96. The zero-order valence-corrected chi connectivity index (χ0v) is 5.53. The third-order valence-corrected chi connectivity index (χ3v) is 0.680. The minimum Gasteiger partial charge on any atom is -0.369 e. The van der Waals surface area contributed by atoms with E-state index in [4.69, 9.17) is 4.74 Å².